The molecule has 80 valence electrons. The number of carbonyl (C=O) groups is 1. The van der Waals surface area contributed by atoms with Gasteiger partial charge in [0, 0.05) is 31.4 Å². The molecule has 4 heteroatoms. The summed E-state index contributed by atoms with van der Waals surface area (Å²) in [5.41, 5.74) is 2.14. The Morgan fingerprint density at radius 2 is 2.20 bits per heavy atom. The predicted octanol–water partition coefficient (Wildman–Crippen LogP) is 2.38. The van der Waals surface area contributed by atoms with Crippen LogP contribution in [0.4, 0.5) is 10.5 Å². The summed E-state index contributed by atoms with van der Waals surface area (Å²) in [7, 11) is 3.52. The van der Waals surface area contributed by atoms with Gasteiger partial charge < -0.3 is 4.90 Å². The van der Waals surface area contributed by atoms with Gasteiger partial charge in [-0.15, -0.1) is 0 Å². The van der Waals surface area contributed by atoms with Gasteiger partial charge in [0.25, 0.3) is 0 Å². The van der Waals surface area contributed by atoms with Crippen molar-refractivity contribution in [2.45, 2.75) is 6.42 Å². The second-order valence-electron chi connectivity index (χ2n) is 3.85. The monoisotopic (exact) mass is 224 g/mol. The third-order valence-electron chi connectivity index (χ3n) is 2.55. The fourth-order valence-electron chi connectivity index (χ4n) is 1.81. The molecule has 0 aromatic heterocycles. The smallest absolute Gasteiger partial charge is 0.323 e. The van der Waals surface area contributed by atoms with Gasteiger partial charge in [0.15, 0.2) is 0 Å². The first-order chi connectivity index (χ1) is 7.09. The van der Waals surface area contributed by atoms with Crippen molar-refractivity contribution in [1.82, 2.24) is 4.90 Å². The third-order valence-corrected chi connectivity index (χ3v) is 2.79. The van der Waals surface area contributed by atoms with Crippen molar-refractivity contribution in [3.05, 3.63) is 28.8 Å². The molecule has 2 rings (SSSR count). The Morgan fingerprint density at radius 3 is 2.87 bits per heavy atom. The van der Waals surface area contributed by atoms with Gasteiger partial charge in [0.05, 0.1) is 0 Å². The van der Waals surface area contributed by atoms with Crippen LogP contribution in [-0.4, -0.2) is 31.6 Å². The van der Waals surface area contributed by atoms with Crippen molar-refractivity contribution < 1.29 is 4.79 Å². The molecule has 1 aromatic carbocycles. The Kier molecular flexibility index (Phi) is 2.57. The summed E-state index contributed by atoms with van der Waals surface area (Å²) >= 11 is 5.90. The minimum atomic E-state index is 0.0241. The van der Waals surface area contributed by atoms with Crippen molar-refractivity contribution in [3.63, 3.8) is 0 Å². The van der Waals surface area contributed by atoms with Gasteiger partial charge in [-0.05, 0) is 30.2 Å². The van der Waals surface area contributed by atoms with Gasteiger partial charge in [-0.25, -0.2) is 4.79 Å². The zero-order chi connectivity index (χ0) is 11.0. The number of hydrogen-bond donors (Lipinski definition) is 0. The Balaban J connectivity index is 2.33. The fraction of sp³-hybridized carbons (Fsp3) is 0.364. The first kappa shape index (κ1) is 10.3. The van der Waals surface area contributed by atoms with E-state index in [1.54, 1.807) is 23.9 Å². The number of nitrogens with zero attached hydrogens (tertiary/aromatic N) is 2. The molecule has 0 fully saturated rings. The number of urea groups is 1. The van der Waals surface area contributed by atoms with Gasteiger partial charge in [-0.2, -0.15) is 0 Å². The molecule has 0 saturated carbocycles. The lowest BCUT2D eigenvalue weighted by molar-refractivity contribution is 0.224. The van der Waals surface area contributed by atoms with Crippen molar-refractivity contribution in [2.24, 2.45) is 0 Å². The molecule has 0 N–H and O–H groups in total. The number of benzene rings is 1. The quantitative estimate of drug-likeness (QED) is 0.664. The third kappa shape index (κ3) is 1.79. The van der Waals surface area contributed by atoms with Crippen LogP contribution in [0.1, 0.15) is 5.56 Å². The molecule has 0 atom stereocenters. The molecule has 0 radical (unpaired) electrons. The average molecular weight is 225 g/mol. The van der Waals surface area contributed by atoms with Crippen molar-refractivity contribution in [1.29, 1.82) is 0 Å². The van der Waals surface area contributed by atoms with E-state index in [0.29, 0.717) is 0 Å². The van der Waals surface area contributed by atoms with E-state index in [1.165, 1.54) is 0 Å². The fourth-order valence-corrected chi connectivity index (χ4v) is 2.01. The Labute approximate surface area is 94.2 Å². The van der Waals surface area contributed by atoms with Gasteiger partial charge in [0.1, 0.15) is 0 Å². The van der Waals surface area contributed by atoms with E-state index in [9.17, 15) is 4.79 Å². The lowest BCUT2D eigenvalue weighted by Gasteiger charge is -2.21. The highest BCUT2D eigenvalue weighted by molar-refractivity contribution is 6.30. The van der Waals surface area contributed by atoms with Crippen LogP contribution in [0.2, 0.25) is 5.02 Å². The summed E-state index contributed by atoms with van der Waals surface area (Å²) in [5, 5.41) is 0.730. The first-order valence-corrected chi connectivity index (χ1v) is 5.24. The number of rotatable bonds is 0. The number of anilines is 1. The van der Waals surface area contributed by atoms with Crippen LogP contribution in [0, 0.1) is 0 Å². The Bertz CT molecular complexity index is 404. The number of hydrogen-bond acceptors (Lipinski definition) is 1. The molecule has 1 aliphatic rings. The first-order valence-electron chi connectivity index (χ1n) is 4.87. The SMILES string of the molecule is CN(C)C(=O)N1CCc2cc(Cl)ccc21. The predicted molar refractivity (Wildman–Crippen MR) is 61.6 cm³/mol. The van der Waals surface area contributed by atoms with E-state index in [0.717, 1.165) is 29.2 Å². The van der Waals surface area contributed by atoms with Crippen LogP contribution in [0.25, 0.3) is 0 Å². The van der Waals surface area contributed by atoms with Crippen LogP contribution in [0.5, 0.6) is 0 Å². The van der Waals surface area contributed by atoms with Crippen LogP contribution in [-0.2, 0) is 6.42 Å². The summed E-state index contributed by atoms with van der Waals surface area (Å²) in [5.74, 6) is 0. The van der Waals surface area contributed by atoms with Crippen molar-refractivity contribution >= 4 is 23.3 Å². The van der Waals surface area contributed by atoms with E-state index in [2.05, 4.69) is 0 Å². The van der Waals surface area contributed by atoms with Crippen LogP contribution < -0.4 is 4.90 Å². The number of carbonyl (C=O) groups excluding carboxylic acids is 1. The van der Waals surface area contributed by atoms with Gasteiger partial charge >= 0.3 is 6.03 Å². The van der Waals surface area contributed by atoms with E-state index >= 15 is 0 Å². The molecule has 3 nitrogen and oxygen atoms in total. The zero-order valence-electron chi connectivity index (χ0n) is 8.83. The summed E-state index contributed by atoms with van der Waals surface area (Å²) in [6, 6.07) is 5.68. The van der Waals surface area contributed by atoms with Crippen LogP contribution in [0.15, 0.2) is 18.2 Å². The molecular weight excluding hydrogens is 212 g/mol. The Hall–Kier alpha value is -1.22. The minimum Gasteiger partial charge on any atom is -0.330 e. The highest BCUT2D eigenvalue weighted by Gasteiger charge is 2.25. The average Bonchev–Trinajstić information content (AvgIpc) is 2.59. The number of amides is 2. The minimum absolute atomic E-state index is 0.0241. The molecule has 2 amide bonds. The summed E-state index contributed by atoms with van der Waals surface area (Å²) in [4.78, 5) is 15.2. The van der Waals surface area contributed by atoms with Gasteiger partial charge in [-0.3, -0.25) is 4.90 Å². The van der Waals surface area contributed by atoms with E-state index in [4.69, 9.17) is 11.6 Å². The van der Waals surface area contributed by atoms with Gasteiger partial charge in [0.2, 0.25) is 0 Å². The number of halogens is 1. The van der Waals surface area contributed by atoms with Crippen molar-refractivity contribution in [2.75, 3.05) is 25.5 Å². The molecule has 15 heavy (non-hydrogen) atoms. The largest absolute Gasteiger partial charge is 0.330 e. The molecule has 0 spiro atoms. The lowest BCUT2D eigenvalue weighted by atomic mass is 10.2. The normalized spacial score (nSPS) is 13.9. The summed E-state index contributed by atoms with van der Waals surface area (Å²) in [6.07, 6.45) is 0.884. The Morgan fingerprint density at radius 1 is 1.47 bits per heavy atom. The maximum absolute atomic E-state index is 11.8. The van der Waals surface area contributed by atoms with E-state index < -0.39 is 0 Å². The van der Waals surface area contributed by atoms with Gasteiger partial charge in [-0.1, -0.05) is 11.6 Å². The molecule has 1 aromatic rings. The van der Waals surface area contributed by atoms with Crippen molar-refractivity contribution in [3.8, 4) is 0 Å². The van der Waals surface area contributed by atoms with Crippen LogP contribution >= 0.6 is 11.6 Å². The molecule has 1 aliphatic heterocycles. The molecule has 1 heterocycles. The molecular formula is C11H13ClN2O. The summed E-state index contributed by atoms with van der Waals surface area (Å²) < 4.78 is 0. The highest BCUT2D eigenvalue weighted by atomic mass is 35.5. The maximum Gasteiger partial charge on any atom is 0.323 e. The van der Waals surface area contributed by atoms with Crippen LogP contribution in [0.3, 0.4) is 0 Å². The second kappa shape index (κ2) is 3.74. The zero-order valence-corrected chi connectivity index (χ0v) is 9.58. The molecule has 0 bridgehead atoms. The second-order valence-corrected chi connectivity index (χ2v) is 4.29. The van der Waals surface area contributed by atoms with E-state index in [1.807, 2.05) is 18.2 Å². The summed E-state index contributed by atoms with van der Waals surface area (Å²) in [6.45, 7) is 0.743. The lowest BCUT2D eigenvalue weighted by Crippen LogP contribution is -2.38. The molecule has 0 aliphatic carbocycles. The standard InChI is InChI=1S/C11H13ClN2O/c1-13(2)11(15)14-6-5-8-7-9(12)3-4-10(8)14/h3-4,7H,5-6H2,1-2H3. The maximum atomic E-state index is 11.8. The van der Waals surface area contributed by atoms with E-state index in [-0.39, 0.29) is 6.03 Å². The topological polar surface area (TPSA) is 23.6 Å². The number of fused-ring (bicyclic) bond motifs is 1. The highest BCUT2D eigenvalue weighted by Crippen LogP contribution is 2.30. The molecule has 0 saturated heterocycles. The molecule has 0 unspecified atom stereocenters.